The van der Waals surface area contributed by atoms with E-state index in [4.69, 9.17) is 0 Å². The summed E-state index contributed by atoms with van der Waals surface area (Å²) in [6, 6.07) is 0.782. The van der Waals surface area contributed by atoms with E-state index >= 15 is 0 Å². The van der Waals surface area contributed by atoms with Crippen LogP contribution in [0.1, 0.15) is 34.1 Å². The topological polar surface area (TPSA) is 0 Å². The summed E-state index contributed by atoms with van der Waals surface area (Å²) in [5.41, 5.74) is 0. The highest BCUT2D eigenvalue weighted by molar-refractivity contribution is 4.58. The Balaban J connectivity index is 4.10. The average Bonchev–Trinajstić information content (AvgIpc) is 2.01. The molecule has 0 bridgehead atoms. The van der Waals surface area contributed by atoms with E-state index in [2.05, 4.69) is 41.8 Å². The van der Waals surface area contributed by atoms with Gasteiger partial charge in [-0.05, 0) is 20.3 Å². The fourth-order valence-corrected chi connectivity index (χ4v) is 1.32. The van der Waals surface area contributed by atoms with Gasteiger partial charge in [-0.2, -0.15) is 0 Å². The van der Waals surface area contributed by atoms with Crippen molar-refractivity contribution in [2.75, 3.05) is 20.6 Å². The molecular formula is C10H24N+. The molecule has 0 heterocycles. The quantitative estimate of drug-likeness (QED) is 0.552. The van der Waals surface area contributed by atoms with Gasteiger partial charge in [-0.1, -0.05) is 13.8 Å². The predicted molar refractivity (Wildman–Crippen MR) is 51.6 cm³/mol. The van der Waals surface area contributed by atoms with E-state index in [1.54, 1.807) is 0 Å². The lowest BCUT2D eigenvalue weighted by Gasteiger charge is -2.38. The largest absolute Gasteiger partial charge is 0.326 e. The van der Waals surface area contributed by atoms with Crippen molar-refractivity contribution < 1.29 is 4.48 Å². The number of hydrogen-bond acceptors (Lipinski definition) is 0. The van der Waals surface area contributed by atoms with Gasteiger partial charge in [0, 0.05) is 5.92 Å². The van der Waals surface area contributed by atoms with Gasteiger partial charge in [0.15, 0.2) is 0 Å². The Morgan fingerprint density at radius 2 is 1.55 bits per heavy atom. The van der Waals surface area contributed by atoms with Gasteiger partial charge in [0.2, 0.25) is 0 Å². The van der Waals surface area contributed by atoms with Crippen LogP contribution in [0.2, 0.25) is 0 Å². The van der Waals surface area contributed by atoms with Crippen molar-refractivity contribution in [2.45, 2.75) is 40.2 Å². The van der Waals surface area contributed by atoms with Crippen molar-refractivity contribution in [3.63, 3.8) is 0 Å². The Morgan fingerprint density at radius 3 is 1.82 bits per heavy atom. The first-order valence-corrected chi connectivity index (χ1v) is 4.78. The Labute approximate surface area is 72.0 Å². The predicted octanol–water partition coefficient (Wildman–Crippen LogP) is 2.52. The van der Waals surface area contributed by atoms with Crippen LogP contribution in [-0.2, 0) is 0 Å². The van der Waals surface area contributed by atoms with Gasteiger partial charge in [-0.25, -0.2) is 0 Å². The monoisotopic (exact) mass is 158 g/mol. The Morgan fingerprint density at radius 1 is 1.09 bits per heavy atom. The van der Waals surface area contributed by atoms with E-state index < -0.39 is 0 Å². The van der Waals surface area contributed by atoms with Crippen LogP contribution < -0.4 is 0 Å². The fraction of sp³-hybridized carbons (Fsp3) is 1.00. The maximum Gasteiger partial charge on any atom is 0.0883 e. The molecule has 2 unspecified atom stereocenters. The van der Waals surface area contributed by atoms with Crippen LogP contribution in [-0.4, -0.2) is 31.2 Å². The smallest absolute Gasteiger partial charge is 0.0883 e. The summed E-state index contributed by atoms with van der Waals surface area (Å²) >= 11 is 0. The van der Waals surface area contributed by atoms with Crippen LogP contribution in [0.4, 0.5) is 0 Å². The van der Waals surface area contributed by atoms with E-state index in [1.165, 1.54) is 13.0 Å². The first-order chi connectivity index (χ1) is 4.95. The summed E-state index contributed by atoms with van der Waals surface area (Å²) < 4.78 is 1.15. The molecule has 0 spiro atoms. The SMILES string of the molecule is CCC(C)C(C)[N+](C)(C)CC. The lowest BCUT2D eigenvalue weighted by Crippen LogP contribution is -2.49. The van der Waals surface area contributed by atoms with Crippen LogP contribution in [0.3, 0.4) is 0 Å². The molecule has 0 N–H and O–H groups in total. The molecule has 0 aromatic heterocycles. The molecule has 0 aliphatic heterocycles. The summed E-state index contributed by atoms with van der Waals surface area (Å²) in [5, 5.41) is 0. The zero-order valence-electron chi connectivity index (χ0n) is 9.02. The molecule has 0 aliphatic carbocycles. The molecule has 1 heteroatoms. The van der Waals surface area contributed by atoms with Crippen molar-refractivity contribution in [3.8, 4) is 0 Å². The molecule has 2 atom stereocenters. The number of nitrogens with zero attached hydrogens (tertiary/aromatic N) is 1. The number of quaternary nitrogens is 1. The molecular weight excluding hydrogens is 134 g/mol. The number of hydrogen-bond donors (Lipinski definition) is 0. The normalized spacial score (nSPS) is 18.0. The van der Waals surface area contributed by atoms with Crippen molar-refractivity contribution in [3.05, 3.63) is 0 Å². The second-order valence-corrected chi connectivity index (χ2v) is 4.22. The van der Waals surface area contributed by atoms with E-state index in [1.807, 2.05) is 0 Å². The third-order valence-corrected chi connectivity index (χ3v) is 3.39. The molecule has 0 radical (unpaired) electrons. The molecule has 0 saturated heterocycles. The van der Waals surface area contributed by atoms with E-state index in [-0.39, 0.29) is 0 Å². The molecule has 0 aromatic rings. The summed E-state index contributed by atoms with van der Waals surface area (Å²) in [6.07, 6.45) is 1.29. The Hall–Kier alpha value is -0.0400. The van der Waals surface area contributed by atoms with Crippen LogP contribution in [0.5, 0.6) is 0 Å². The summed E-state index contributed by atoms with van der Waals surface area (Å²) in [7, 11) is 4.63. The standard InChI is InChI=1S/C10H24N/c1-7-9(3)10(4)11(5,6)8-2/h9-10H,7-8H2,1-6H3/q+1. The highest BCUT2D eigenvalue weighted by Crippen LogP contribution is 2.17. The van der Waals surface area contributed by atoms with Crippen LogP contribution >= 0.6 is 0 Å². The molecule has 0 fully saturated rings. The molecule has 0 saturated carbocycles. The molecule has 0 amide bonds. The molecule has 1 nitrogen and oxygen atoms in total. The second-order valence-electron chi connectivity index (χ2n) is 4.22. The van der Waals surface area contributed by atoms with Gasteiger partial charge in [0.05, 0.1) is 26.7 Å². The van der Waals surface area contributed by atoms with Crippen molar-refractivity contribution in [1.29, 1.82) is 0 Å². The summed E-state index contributed by atoms with van der Waals surface area (Å²) in [6.45, 7) is 10.5. The maximum atomic E-state index is 2.36. The van der Waals surface area contributed by atoms with Crippen molar-refractivity contribution in [1.82, 2.24) is 0 Å². The molecule has 0 aromatic carbocycles. The third kappa shape index (κ3) is 2.82. The average molecular weight is 158 g/mol. The highest BCUT2D eigenvalue weighted by atomic mass is 15.3. The number of rotatable bonds is 4. The van der Waals surface area contributed by atoms with Gasteiger partial charge in [0.25, 0.3) is 0 Å². The fourth-order valence-electron chi connectivity index (χ4n) is 1.32. The maximum absolute atomic E-state index is 2.36. The molecule has 0 rings (SSSR count). The van der Waals surface area contributed by atoms with Gasteiger partial charge in [-0.15, -0.1) is 0 Å². The Kier molecular flexibility index (Phi) is 4.09. The van der Waals surface area contributed by atoms with Crippen LogP contribution in [0.25, 0.3) is 0 Å². The van der Waals surface area contributed by atoms with Crippen molar-refractivity contribution in [2.24, 2.45) is 5.92 Å². The Bertz CT molecular complexity index is 107. The first-order valence-electron chi connectivity index (χ1n) is 4.78. The third-order valence-electron chi connectivity index (χ3n) is 3.39. The minimum Gasteiger partial charge on any atom is -0.326 e. The van der Waals surface area contributed by atoms with Gasteiger partial charge in [-0.3, -0.25) is 0 Å². The zero-order valence-corrected chi connectivity index (χ0v) is 9.02. The van der Waals surface area contributed by atoms with E-state index in [9.17, 15) is 0 Å². The van der Waals surface area contributed by atoms with E-state index in [0.29, 0.717) is 0 Å². The van der Waals surface area contributed by atoms with E-state index in [0.717, 1.165) is 16.4 Å². The van der Waals surface area contributed by atoms with Crippen LogP contribution in [0.15, 0.2) is 0 Å². The molecule has 11 heavy (non-hydrogen) atoms. The van der Waals surface area contributed by atoms with Gasteiger partial charge in [0.1, 0.15) is 0 Å². The zero-order chi connectivity index (χ0) is 9.07. The summed E-state index contributed by atoms with van der Waals surface area (Å²) in [4.78, 5) is 0. The highest BCUT2D eigenvalue weighted by Gasteiger charge is 2.25. The van der Waals surface area contributed by atoms with Gasteiger partial charge < -0.3 is 4.48 Å². The van der Waals surface area contributed by atoms with Gasteiger partial charge >= 0.3 is 0 Å². The lowest BCUT2D eigenvalue weighted by molar-refractivity contribution is -0.915. The first kappa shape index (κ1) is 11.0. The lowest BCUT2D eigenvalue weighted by atomic mass is 9.98. The minimum atomic E-state index is 0.782. The molecule has 68 valence electrons. The second kappa shape index (κ2) is 4.10. The minimum absolute atomic E-state index is 0.782. The van der Waals surface area contributed by atoms with Crippen LogP contribution in [0, 0.1) is 5.92 Å². The molecule has 0 aliphatic rings. The van der Waals surface area contributed by atoms with Crippen molar-refractivity contribution >= 4 is 0 Å². The summed E-state index contributed by atoms with van der Waals surface area (Å²) in [5.74, 6) is 0.838.